The standard InChI is InChI=1S/C21H28N2O4S.2ClH/c1-17-3-7-20(8-4-17)28(25,26)21-9-5-19(6-10-21)27-16-18(24)15-23-13-11-22(2)12-14-23;;/h3-10,18,24H,11-16H2,1-2H3;2*1H. The second-order valence-electron chi connectivity index (χ2n) is 7.36. The Labute approximate surface area is 191 Å². The van der Waals surface area contributed by atoms with Crippen LogP contribution in [0.2, 0.25) is 0 Å². The Kier molecular flexibility index (Phi) is 10.6. The highest BCUT2D eigenvalue weighted by atomic mass is 35.5. The van der Waals surface area contributed by atoms with Crippen LogP contribution in [0.3, 0.4) is 0 Å². The molecule has 1 saturated heterocycles. The molecular weight excluding hydrogens is 447 g/mol. The summed E-state index contributed by atoms with van der Waals surface area (Å²) in [5.74, 6) is 0.542. The lowest BCUT2D eigenvalue weighted by Crippen LogP contribution is -2.47. The van der Waals surface area contributed by atoms with Crippen LogP contribution in [-0.4, -0.2) is 75.8 Å². The number of piperazine rings is 1. The Hall–Kier alpha value is -1.35. The van der Waals surface area contributed by atoms with Crippen LogP contribution in [-0.2, 0) is 9.84 Å². The topological polar surface area (TPSA) is 70.1 Å². The number of aryl methyl sites for hydroxylation is 1. The zero-order valence-corrected chi connectivity index (χ0v) is 19.7. The van der Waals surface area contributed by atoms with Gasteiger partial charge in [0.1, 0.15) is 18.5 Å². The zero-order chi connectivity index (χ0) is 20.1. The number of aliphatic hydroxyl groups excluding tert-OH is 1. The molecule has 168 valence electrons. The smallest absolute Gasteiger partial charge is 0.206 e. The van der Waals surface area contributed by atoms with Crippen molar-refractivity contribution in [3.05, 3.63) is 54.1 Å². The molecule has 0 bridgehead atoms. The van der Waals surface area contributed by atoms with Crippen molar-refractivity contribution in [2.24, 2.45) is 0 Å². The van der Waals surface area contributed by atoms with Gasteiger partial charge in [0, 0.05) is 32.7 Å². The van der Waals surface area contributed by atoms with Crippen molar-refractivity contribution in [2.45, 2.75) is 22.8 Å². The summed E-state index contributed by atoms with van der Waals surface area (Å²) in [6.07, 6.45) is -0.584. The monoisotopic (exact) mass is 476 g/mol. The molecule has 0 radical (unpaired) electrons. The van der Waals surface area contributed by atoms with E-state index in [0.717, 1.165) is 31.7 Å². The number of likely N-dealkylation sites (N-methyl/N-ethyl adjacent to an activating group) is 1. The molecule has 1 unspecified atom stereocenters. The van der Waals surface area contributed by atoms with E-state index in [1.54, 1.807) is 36.4 Å². The minimum Gasteiger partial charge on any atom is -0.491 e. The Balaban J connectivity index is 0.00000225. The highest BCUT2D eigenvalue weighted by Crippen LogP contribution is 2.23. The fourth-order valence-corrected chi connectivity index (χ4v) is 4.40. The molecule has 2 aromatic carbocycles. The molecule has 0 saturated carbocycles. The van der Waals surface area contributed by atoms with Gasteiger partial charge in [-0.1, -0.05) is 17.7 Å². The first kappa shape index (κ1) is 26.7. The van der Waals surface area contributed by atoms with E-state index in [2.05, 4.69) is 16.8 Å². The maximum atomic E-state index is 12.7. The number of sulfone groups is 1. The molecule has 0 aromatic heterocycles. The Bertz CT molecular complexity index is 869. The number of hydrogen-bond acceptors (Lipinski definition) is 6. The van der Waals surface area contributed by atoms with E-state index in [1.165, 1.54) is 12.1 Å². The van der Waals surface area contributed by atoms with Gasteiger partial charge in [0.05, 0.1) is 9.79 Å². The van der Waals surface area contributed by atoms with Crippen molar-refractivity contribution in [1.82, 2.24) is 9.80 Å². The Morgan fingerprint density at radius 1 is 0.933 bits per heavy atom. The number of rotatable bonds is 7. The first-order chi connectivity index (χ1) is 13.3. The molecular formula is C21H30Cl2N2O4S. The maximum Gasteiger partial charge on any atom is 0.206 e. The average molecular weight is 477 g/mol. The molecule has 0 amide bonds. The summed E-state index contributed by atoms with van der Waals surface area (Å²) in [6, 6.07) is 13.1. The maximum absolute atomic E-state index is 12.7. The second kappa shape index (κ2) is 11.9. The molecule has 0 spiro atoms. The fourth-order valence-electron chi connectivity index (χ4n) is 3.14. The van der Waals surface area contributed by atoms with Crippen LogP contribution in [0, 0.1) is 6.92 Å². The van der Waals surface area contributed by atoms with Crippen molar-refractivity contribution >= 4 is 34.7 Å². The van der Waals surface area contributed by atoms with E-state index in [4.69, 9.17) is 4.74 Å². The van der Waals surface area contributed by atoms with Crippen molar-refractivity contribution in [2.75, 3.05) is 46.4 Å². The van der Waals surface area contributed by atoms with Crippen molar-refractivity contribution < 1.29 is 18.3 Å². The van der Waals surface area contributed by atoms with Gasteiger partial charge in [-0.05, 0) is 50.4 Å². The predicted molar refractivity (Wildman–Crippen MR) is 123 cm³/mol. The van der Waals surface area contributed by atoms with Gasteiger partial charge in [-0.2, -0.15) is 0 Å². The van der Waals surface area contributed by atoms with Gasteiger partial charge >= 0.3 is 0 Å². The van der Waals surface area contributed by atoms with Crippen molar-refractivity contribution in [1.29, 1.82) is 0 Å². The van der Waals surface area contributed by atoms with Crippen molar-refractivity contribution in [3.8, 4) is 5.75 Å². The molecule has 3 rings (SSSR count). The summed E-state index contributed by atoms with van der Waals surface area (Å²) in [5, 5.41) is 10.2. The van der Waals surface area contributed by atoms with E-state index in [0.29, 0.717) is 12.3 Å². The summed E-state index contributed by atoms with van der Waals surface area (Å²) in [6.45, 7) is 6.57. The van der Waals surface area contributed by atoms with Gasteiger partial charge in [0.15, 0.2) is 0 Å². The Morgan fingerprint density at radius 2 is 1.43 bits per heavy atom. The van der Waals surface area contributed by atoms with Crippen LogP contribution in [0.1, 0.15) is 5.56 Å². The molecule has 1 heterocycles. The highest BCUT2D eigenvalue weighted by molar-refractivity contribution is 7.91. The summed E-state index contributed by atoms with van der Waals surface area (Å²) >= 11 is 0. The normalized spacial score (nSPS) is 16.2. The number of aliphatic hydroxyl groups is 1. The number of halogens is 2. The minimum atomic E-state index is -3.54. The molecule has 9 heteroatoms. The molecule has 0 aliphatic carbocycles. The lowest BCUT2D eigenvalue weighted by atomic mass is 10.2. The zero-order valence-electron chi connectivity index (χ0n) is 17.2. The van der Waals surface area contributed by atoms with E-state index < -0.39 is 15.9 Å². The molecule has 1 fully saturated rings. The fraction of sp³-hybridized carbons (Fsp3) is 0.429. The number of ether oxygens (including phenoxy) is 1. The van der Waals surface area contributed by atoms with Crippen LogP contribution >= 0.6 is 24.8 Å². The molecule has 1 aliphatic rings. The molecule has 30 heavy (non-hydrogen) atoms. The predicted octanol–water partition coefficient (Wildman–Crippen LogP) is 2.66. The van der Waals surface area contributed by atoms with Crippen LogP contribution in [0.15, 0.2) is 58.3 Å². The summed E-state index contributed by atoms with van der Waals surface area (Å²) < 4.78 is 31.0. The van der Waals surface area contributed by atoms with Gasteiger partial charge in [0.2, 0.25) is 9.84 Å². The largest absolute Gasteiger partial charge is 0.491 e. The Morgan fingerprint density at radius 3 is 1.97 bits per heavy atom. The van der Waals surface area contributed by atoms with Gasteiger partial charge in [0.25, 0.3) is 0 Å². The number of nitrogens with zero attached hydrogens (tertiary/aromatic N) is 2. The minimum absolute atomic E-state index is 0. The lowest BCUT2D eigenvalue weighted by Gasteiger charge is -2.33. The van der Waals surface area contributed by atoms with Crippen molar-refractivity contribution in [3.63, 3.8) is 0 Å². The number of hydrogen-bond donors (Lipinski definition) is 1. The van der Waals surface area contributed by atoms with Gasteiger partial charge in [-0.25, -0.2) is 8.42 Å². The van der Waals surface area contributed by atoms with Gasteiger partial charge < -0.3 is 14.7 Å². The molecule has 2 aromatic rings. The summed E-state index contributed by atoms with van der Waals surface area (Å²) in [5.41, 5.74) is 1.01. The van der Waals surface area contributed by atoms with E-state index in [9.17, 15) is 13.5 Å². The molecule has 1 N–H and O–H groups in total. The van der Waals surface area contributed by atoms with E-state index in [1.807, 2.05) is 6.92 Å². The molecule has 1 atom stereocenters. The quantitative estimate of drug-likeness (QED) is 0.662. The van der Waals surface area contributed by atoms with E-state index in [-0.39, 0.29) is 41.2 Å². The van der Waals surface area contributed by atoms with Crippen LogP contribution in [0.25, 0.3) is 0 Å². The van der Waals surface area contributed by atoms with Gasteiger partial charge in [-0.15, -0.1) is 24.8 Å². The lowest BCUT2D eigenvalue weighted by molar-refractivity contribution is 0.0504. The third-order valence-electron chi connectivity index (χ3n) is 4.97. The highest BCUT2D eigenvalue weighted by Gasteiger charge is 2.19. The number of benzene rings is 2. The average Bonchev–Trinajstić information content (AvgIpc) is 2.69. The SMILES string of the molecule is Cc1ccc(S(=O)(=O)c2ccc(OCC(O)CN3CCN(C)CC3)cc2)cc1.Cl.Cl. The van der Waals surface area contributed by atoms with Crippen LogP contribution in [0.4, 0.5) is 0 Å². The van der Waals surface area contributed by atoms with Crippen LogP contribution in [0.5, 0.6) is 5.75 Å². The van der Waals surface area contributed by atoms with E-state index >= 15 is 0 Å². The summed E-state index contributed by atoms with van der Waals surface area (Å²) in [4.78, 5) is 4.99. The summed E-state index contributed by atoms with van der Waals surface area (Å²) in [7, 11) is -1.45. The van der Waals surface area contributed by atoms with Crippen LogP contribution < -0.4 is 4.74 Å². The number of β-amino-alcohol motifs (C(OH)–C–C–N with tert-alkyl or cyclic N) is 1. The second-order valence-corrected chi connectivity index (χ2v) is 9.31. The first-order valence-corrected chi connectivity index (χ1v) is 11.0. The van der Waals surface area contributed by atoms with Gasteiger partial charge in [-0.3, -0.25) is 4.90 Å². The molecule has 1 aliphatic heterocycles. The third kappa shape index (κ3) is 7.11. The third-order valence-corrected chi connectivity index (χ3v) is 6.76. The molecule has 6 nitrogen and oxygen atoms in total. The first-order valence-electron chi connectivity index (χ1n) is 9.48.